The van der Waals surface area contributed by atoms with Gasteiger partial charge in [-0.1, -0.05) is 58.4 Å². The maximum absolute atomic E-state index is 13.2. The van der Waals surface area contributed by atoms with Crippen LogP contribution in [0.2, 0.25) is 0 Å². The normalized spacial score (nSPS) is 13.2. The fourth-order valence-electron chi connectivity index (χ4n) is 3.46. The van der Waals surface area contributed by atoms with E-state index >= 15 is 0 Å². The molecule has 0 aliphatic rings. The molecule has 0 aromatic heterocycles. The zero-order chi connectivity index (χ0) is 24.0. The molecule has 3 aromatic carbocycles. The quantitative estimate of drug-likeness (QED) is 0.425. The van der Waals surface area contributed by atoms with Crippen molar-refractivity contribution in [1.29, 1.82) is 0 Å². The second kappa shape index (κ2) is 11.0. The summed E-state index contributed by atoms with van der Waals surface area (Å²) >= 11 is 3.40. The average Bonchev–Trinajstić information content (AvgIpc) is 2.79. The molecule has 2 unspecified atom stereocenters. The third kappa shape index (κ3) is 6.66. The zero-order valence-corrected chi connectivity index (χ0v) is 21.1. The van der Waals surface area contributed by atoms with Crippen molar-refractivity contribution in [1.82, 2.24) is 10.0 Å². The summed E-state index contributed by atoms with van der Waals surface area (Å²) in [4.78, 5) is 13.3. The number of sulfonamides is 1. The standard InChI is InChI=1S/C25H27BrN2O4S/c1-17-15-22(13-14-24(17)32-3)33(30,31)28-23(16-19-7-5-4-6-8-19)25(29)27-18(2)20-9-11-21(26)12-10-20/h4-15,18,23,28H,16H2,1-3H3,(H,27,29). The summed E-state index contributed by atoms with van der Waals surface area (Å²) < 4.78 is 35.1. The van der Waals surface area contributed by atoms with Crippen molar-refractivity contribution in [3.8, 4) is 5.75 Å². The number of aryl methyl sites for hydroxylation is 1. The third-order valence-corrected chi connectivity index (χ3v) is 7.30. The molecule has 0 radical (unpaired) electrons. The Kier molecular flexibility index (Phi) is 8.29. The van der Waals surface area contributed by atoms with Gasteiger partial charge in [0.15, 0.2) is 0 Å². The van der Waals surface area contributed by atoms with Gasteiger partial charge in [-0.25, -0.2) is 8.42 Å². The summed E-state index contributed by atoms with van der Waals surface area (Å²) in [5.74, 6) is 0.193. The van der Waals surface area contributed by atoms with Crippen molar-refractivity contribution in [3.05, 3.63) is 94.0 Å². The number of hydrogen-bond donors (Lipinski definition) is 2. The van der Waals surface area contributed by atoms with Gasteiger partial charge in [0.1, 0.15) is 11.8 Å². The fourth-order valence-corrected chi connectivity index (χ4v) is 5.00. The van der Waals surface area contributed by atoms with Gasteiger partial charge in [-0.15, -0.1) is 0 Å². The number of rotatable bonds is 9. The van der Waals surface area contributed by atoms with E-state index in [4.69, 9.17) is 4.74 Å². The number of amides is 1. The average molecular weight is 531 g/mol. The lowest BCUT2D eigenvalue weighted by molar-refractivity contribution is -0.123. The Morgan fingerprint density at radius 2 is 1.70 bits per heavy atom. The number of nitrogens with one attached hydrogen (secondary N) is 2. The molecule has 2 N–H and O–H groups in total. The van der Waals surface area contributed by atoms with Crippen LogP contribution >= 0.6 is 15.9 Å². The van der Waals surface area contributed by atoms with Gasteiger partial charge in [-0.3, -0.25) is 4.79 Å². The van der Waals surface area contributed by atoms with Crippen LogP contribution in [0.3, 0.4) is 0 Å². The van der Waals surface area contributed by atoms with Crippen molar-refractivity contribution in [3.63, 3.8) is 0 Å². The molecule has 1 amide bonds. The SMILES string of the molecule is COc1ccc(S(=O)(=O)NC(Cc2ccccc2)C(=O)NC(C)c2ccc(Br)cc2)cc1C. The van der Waals surface area contributed by atoms with Crippen molar-refractivity contribution in [2.24, 2.45) is 0 Å². The largest absolute Gasteiger partial charge is 0.496 e. The van der Waals surface area contributed by atoms with Crippen molar-refractivity contribution in [2.75, 3.05) is 7.11 Å². The summed E-state index contributed by atoms with van der Waals surface area (Å²) in [6.45, 7) is 3.63. The summed E-state index contributed by atoms with van der Waals surface area (Å²) in [6, 6.07) is 20.2. The maximum Gasteiger partial charge on any atom is 0.241 e. The molecule has 0 aliphatic heterocycles. The Morgan fingerprint density at radius 3 is 2.30 bits per heavy atom. The van der Waals surface area contributed by atoms with Gasteiger partial charge in [0, 0.05) is 4.47 Å². The minimum atomic E-state index is -3.95. The molecule has 0 bridgehead atoms. The molecule has 174 valence electrons. The van der Waals surface area contributed by atoms with Crippen LogP contribution < -0.4 is 14.8 Å². The number of ether oxygens (including phenoxy) is 1. The predicted octanol–water partition coefficient (Wildman–Crippen LogP) is 4.53. The lowest BCUT2D eigenvalue weighted by Gasteiger charge is -2.22. The van der Waals surface area contributed by atoms with Crippen LogP contribution in [0, 0.1) is 6.92 Å². The number of carbonyl (C=O) groups is 1. The zero-order valence-electron chi connectivity index (χ0n) is 18.7. The molecule has 0 heterocycles. The molecule has 0 aliphatic carbocycles. The lowest BCUT2D eigenvalue weighted by atomic mass is 10.0. The van der Waals surface area contributed by atoms with Crippen LogP contribution in [0.1, 0.15) is 29.7 Å². The number of hydrogen-bond acceptors (Lipinski definition) is 4. The van der Waals surface area contributed by atoms with E-state index in [2.05, 4.69) is 26.0 Å². The molecule has 33 heavy (non-hydrogen) atoms. The van der Waals surface area contributed by atoms with Gasteiger partial charge < -0.3 is 10.1 Å². The first-order chi connectivity index (χ1) is 15.7. The van der Waals surface area contributed by atoms with E-state index in [0.29, 0.717) is 11.3 Å². The monoisotopic (exact) mass is 530 g/mol. The lowest BCUT2D eigenvalue weighted by Crippen LogP contribution is -2.48. The first-order valence-corrected chi connectivity index (χ1v) is 12.7. The summed E-state index contributed by atoms with van der Waals surface area (Å²) in [5.41, 5.74) is 2.45. The van der Waals surface area contributed by atoms with E-state index in [9.17, 15) is 13.2 Å². The topological polar surface area (TPSA) is 84.5 Å². The summed E-state index contributed by atoms with van der Waals surface area (Å²) in [6.07, 6.45) is 0.216. The van der Waals surface area contributed by atoms with Gasteiger partial charge in [0.05, 0.1) is 18.0 Å². The molecule has 3 aromatic rings. The molecule has 6 nitrogen and oxygen atoms in total. The Morgan fingerprint density at radius 1 is 1.03 bits per heavy atom. The van der Waals surface area contributed by atoms with Crippen molar-refractivity contribution in [2.45, 2.75) is 37.2 Å². The van der Waals surface area contributed by atoms with E-state index < -0.39 is 22.0 Å². The molecule has 3 rings (SSSR count). The van der Waals surface area contributed by atoms with E-state index in [1.807, 2.05) is 61.5 Å². The van der Waals surface area contributed by atoms with E-state index in [1.54, 1.807) is 13.0 Å². The van der Waals surface area contributed by atoms with Crippen LogP contribution in [0.15, 0.2) is 82.2 Å². The molecule has 0 fully saturated rings. The highest BCUT2D eigenvalue weighted by Crippen LogP contribution is 2.22. The van der Waals surface area contributed by atoms with E-state index in [0.717, 1.165) is 15.6 Å². The van der Waals surface area contributed by atoms with Gasteiger partial charge in [0.2, 0.25) is 15.9 Å². The van der Waals surface area contributed by atoms with Crippen molar-refractivity contribution >= 4 is 31.9 Å². The van der Waals surface area contributed by atoms with E-state index in [-0.39, 0.29) is 17.4 Å². The van der Waals surface area contributed by atoms with Crippen LogP contribution in [-0.2, 0) is 21.2 Å². The van der Waals surface area contributed by atoms with Gasteiger partial charge >= 0.3 is 0 Å². The summed E-state index contributed by atoms with van der Waals surface area (Å²) in [7, 11) is -2.42. The molecular formula is C25H27BrN2O4S. The Labute approximate surface area is 203 Å². The van der Waals surface area contributed by atoms with Crippen LogP contribution in [0.25, 0.3) is 0 Å². The minimum absolute atomic E-state index is 0.0765. The number of methoxy groups -OCH3 is 1. The summed E-state index contributed by atoms with van der Waals surface area (Å²) in [5, 5.41) is 2.94. The Hall–Kier alpha value is -2.68. The molecule has 0 spiro atoms. The second-order valence-electron chi connectivity index (χ2n) is 7.78. The van der Waals surface area contributed by atoms with Crippen LogP contribution in [-0.4, -0.2) is 27.5 Å². The molecule has 0 saturated carbocycles. The molecular weight excluding hydrogens is 504 g/mol. The highest BCUT2D eigenvalue weighted by Gasteiger charge is 2.27. The van der Waals surface area contributed by atoms with Crippen LogP contribution in [0.5, 0.6) is 5.75 Å². The minimum Gasteiger partial charge on any atom is -0.496 e. The highest BCUT2D eigenvalue weighted by molar-refractivity contribution is 9.10. The first-order valence-electron chi connectivity index (χ1n) is 10.5. The smallest absolute Gasteiger partial charge is 0.241 e. The first kappa shape index (κ1) is 25.0. The highest BCUT2D eigenvalue weighted by atomic mass is 79.9. The maximum atomic E-state index is 13.2. The molecule has 0 saturated heterocycles. The fraction of sp³-hybridized carbons (Fsp3) is 0.240. The molecule has 2 atom stereocenters. The predicted molar refractivity (Wildman–Crippen MR) is 133 cm³/mol. The number of carbonyl (C=O) groups excluding carboxylic acids is 1. The van der Waals surface area contributed by atoms with Gasteiger partial charge in [0.25, 0.3) is 0 Å². The van der Waals surface area contributed by atoms with Gasteiger partial charge in [-0.2, -0.15) is 4.72 Å². The van der Waals surface area contributed by atoms with Crippen molar-refractivity contribution < 1.29 is 17.9 Å². The Balaban J connectivity index is 1.84. The van der Waals surface area contributed by atoms with Gasteiger partial charge in [-0.05, 0) is 67.3 Å². The number of benzene rings is 3. The number of halogens is 1. The van der Waals surface area contributed by atoms with E-state index in [1.165, 1.54) is 19.2 Å². The molecule has 8 heteroatoms. The van der Waals surface area contributed by atoms with Crippen LogP contribution in [0.4, 0.5) is 0 Å². The Bertz CT molecular complexity index is 1200. The second-order valence-corrected chi connectivity index (χ2v) is 10.4. The third-order valence-electron chi connectivity index (χ3n) is 5.30.